The third-order valence-corrected chi connectivity index (χ3v) is 3.17. The molecule has 3 aromatic rings. The summed E-state index contributed by atoms with van der Waals surface area (Å²) in [4.78, 5) is 7.58. The molecule has 0 fully saturated rings. The second-order valence-corrected chi connectivity index (χ2v) is 4.46. The summed E-state index contributed by atoms with van der Waals surface area (Å²) in [6.45, 7) is 0. The molecule has 0 atom stereocenters. The molecule has 2 heterocycles. The van der Waals surface area contributed by atoms with Crippen molar-refractivity contribution in [2.24, 2.45) is 7.05 Å². The van der Waals surface area contributed by atoms with Crippen LogP contribution in [0.25, 0.3) is 11.0 Å². The van der Waals surface area contributed by atoms with Crippen molar-refractivity contribution in [1.29, 1.82) is 0 Å². The fourth-order valence-corrected chi connectivity index (χ4v) is 2.17. The summed E-state index contributed by atoms with van der Waals surface area (Å²) >= 11 is 1.37. The van der Waals surface area contributed by atoms with E-state index in [0.29, 0.717) is 10.8 Å². The number of nitrogen functional groups attached to an aromatic ring is 1. The zero-order valence-electron chi connectivity index (χ0n) is 8.95. The molecule has 0 saturated heterocycles. The Morgan fingerprint density at radius 3 is 3.06 bits per heavy atom. The van der Waals surface area contributed by atoms with E-state index in [1.54, 1.807) is 11.7 Å². The van der Waals surface area contributed by atoms with Crippen LogP contribution < -0.4 is 5.73 Å². The molecule has 0 aliphatic carbocycles. The first-order chi connectivity index (χ1) is 8.22. The first kappa shape index (κ1) is 10.1. The van der Waals surface area contributed by atoms with E-state index in [9.17, 15) is 0 Å². The summed E-state index contributed by atoms with van der Waals surface area (Å²) < 4.78 is 1.59. The molecule has 17 heavy (non-hydrogen) atoms. The molecule has 0 spiro atoms. The number of benzene rings is 1. The van der Waals surface area contributed by atoms with Gasteiger partial charge in [-0.25, -0.2) is 9.67 Å². The van der Waals surface area contributed by atoms with E-state index < -0.39 is 0 Å². The Bertz CT molecular complexity index is 671. The van der Waals surface area contributed by atoms with Gasteiger partial charge in [0.25, 0.3) is 0 Å². The van der Waals surface area contributed by atoms with Crippen LogP contribution in [-0.2, 0) is 7.05 Å². The molecule has 0 amide bonds. The Morgan fingerprint density at radius 1 is 1.41 bits per heavy atom. The fraction of sp³-hybridized carbons (Fsp3) is 0.111. The molecule has 7 nitrogen and oxygen atoms in total. The van der Waals surface area contributed by atoms with E-state index in [4.69, 9.17) is 5.73 Å². The molecule has 1 aromatic carbocycles. The Labute approximate surface area is 100 Å². The number of fused-ring (bicyclic) bond motifs is 1. The Balaban J connectivity index is 1.99. The number of hydrogen-bond donors (Lipinski definition) is 2. The van der Waals surface area contributed by atoms with Gasteiger partial charge < -0.3 is 10.7 Å². The van der Waals surface area contributed by atoms with Crippen LogP contribution in [0.1, 0.15) is 0 Å². The number of nitrogens with one attached hydrogen (secondary N) is 1. The Kier molecular flexibility index (Phi) is 2.22. The molecule has 0 bridgehead atoms. The van der Waals surface area contributed by atoms with E-state index in [2.05, 4.69) is 25.5 Å². The third kappa shape index (κ3) is 1.82. The standard InChI is InChI=1S/C9H9N7S/c1-16-9(13-14-15-16)17-8-11-6-3-2-5(10)4-7(6)12-8/h2-4H,10H2,1H3,(H,11,12). The average Bonchev–Trinajstić information content (AvgIpc) is 2.85. The number of aromatic nitrogens is 6. The van der Waals surface area contributed by atoms with Crippen LogP contribution in [-0.4, -0.2) is 30.2 Å². The molecule has 86 valence electrons. The average molecular weight is 247 g/mol. The van der Waals surface area contributed by atoms with Crippen LogP contribution in [0.3, 0.4) is 0 Å². The highest BCUT2D eigenvalue weighted by molar-refractivity contribution is 7.99. The van der Waals surface area contributed by atoms with Gasteiger partial charge >= 0.3 is 0 Å². The van der Waals surface area contributed by atoms with Crippen molar-refractivity contribution < 1.29 is 0 Å². The highest BCUT2D eigenvalue weighted by atomic mass is 32.2. The van der Waals surface area contributed by atoms with Gasteiger partial charge in [0.2, 0.25) is 5.16 Å². The van der Waals surface area contributed by atoms with E-state index in [1.165, 1.54) is 11.8 Å². The van der Waals surface area contributed by atoms with Crippen LogP contribution in [0.2, 0.25) is 0 Å². The first-order valence-corrected chi connectivity index (χ1v) is 5.69. The lowest BCUT2D eigenvalue weighted by atomic mass is 10.3. The molecule has 0 saturated carbocycles. The second-order valence-electron chi connectivity index (χ2n) is 3.51. The van der Waals surface area contributed by atoms with Crippen LogP contribution >= 0.6 is 11.8 Å². The van der Waals surface area contributed by atoms with Crippen molar-refractivity contribution in [1.82, 2.24) is 30.2 Å². The number of anilines is 1. The fourth-order valence-electron chi connectivity index (χ4n) is 1.45. The monoisotopic (exact) mass is 247 g/mol. The molecule has 0 unspecified atom stereocenters. The molecule has 0 radical (unpaired) electrons. The normalized spacial score (nSPS) is 11.1. The van der Waals surface area contributed by atoms with E-state index in [0.717, 1.165) is 16.2 Å². The van der Waals surface area contributed by atoms with Crippen molar-refractivity contribution in [2.45, 2.75) is 10.3 Å². The lowest BCUT2D eigenvalue weighted by Crippen LogP contribution is -1.92. The highest BCUT2D eigenvalue weighted by Crippen LogP contribution is 2.25. The SMILES string of the molecule is Cn1nnnc1Sc1nc2ccc(N)cc2[nH]1. The Hall–Kier alpha value is -2.09. The molecule has 0 aliphatic rings. The van der Waals surface area contributed by atoms with Crippen molar-refractivity contribution in [3.63, 3.8) is 0 Å². The van der Waals surface area contributed by atoms with Gasteiger partial charge in [0.15, 0.2) is 5.16 Å². The van der Waals surface area contributed by atoms with Gasteiger partial charge in [-0.05, 0) is 40.4 Å². The maximum absolute atomic E-state index is 5.70. The quantitative estimate of drug-likeness (QED) is 0.650. The number of aromatic amines is 1. The van der Waals surface area contributed by atoms with Crippen LogP contribution in [0.4, 0.5) is 5.69 Å². The zero-order chi connectivity index (χ0) is 11.8. The van der Waals surface area contributed by atoms with Crippen molar-refractivity contribution in [3.8, 4) is 0 Å². The number of hydrogen-bond acceptors (Lipinski definition) is 6. The second kappa shape index (κ2) is 3.74. The number of nitrogens with zero attached hydrogens (tertiary/aromatic N) is 5. The van der Waals surface area contributed by atoms with Crippen LogP contribution in [0.15, 0.2) is 28.5 Å². The van der Waals surface area contributed by atoms with E-state index >= 15 is 0 Å². The summed E-state index contributed by atoms with van der Waals surface area (Å²) in [6.07, 6.45) is 0. The highest BCUT2D eigenvalue weighted by Gasteiger charge is 2.09. The first-order valence-electron chi connectivity index (χ1n) is 4.88. The van der Waals surface area contributed by atoms with Gasteiger partial charge in [-0.15, -0.1) is 5.10 Å². The van der Waals surface area contributed by atoms with Gasteiger partial charge in [-0.1, -0.05) is 0 Å². The van der Waals surface area contributed by atoms with Gasteiger partial charge in [0.1, 0.15) is 0 Å². The van der Waals surface area contributed by atoms with Gasteiger partial charge in [0.05, 0.1) is 11.0 Å². The number of tetrazole rings is 1. The van der Waals surface area contributed by atoms with Crippen molar-refractivity contribution in [3.05, 3.63) is 18.2 Å². The molecular formula is C9H9N7S. The summed E-state index contributed by atoms with van der Waals surface area (Å²) in [5.74, 6) is 0. The molecule has 0 aliphatic heterocycles. The van der Waals surface area contributed by atoms with E-state index in [1.807, 2.05) is 18.2 Å². The minimum absolute atomic E-state index is 0.678. The molecular weight excluding hydrogens is 238 g/mol. The largest absolute Gasteiger partial charge is 0.399 e. The number of nitrogens with two attached hydrogens (primary N) is 1. The predicted molar refractivity (Wildman–Crippen MR) is 63.4 cm³/mol. The summed E-state index contributed by atoms with van der Waals surface area (Å²) in [7, 11) is 1.78. The third-order valence-electron chi connectivity index (χ3n) is 2.25. The zero-order valence-corrected chi connectivity index (χ0v) is 9.77. The molecule has 2 aromatic heterocycles. The minimum atomic E-state index is 0.678. The number of rotatable bonds is 2. The van der Waals surface area contributed by atoms with Crippen LogP contribution in [0.5, 0.6) is 0 Å². The molecule has 8 heteroatoms. The maximum atomic E-state index is 5.70. The smallest absolute Gasteiger partial charge is 0.216 e. The van der Waals surface area contributed by atoms with Crippen LogP contribution in [0, 0.1) is 0 Å². The molecule has 3 rings (SSSR count). The number of H-pyrrole nitrogens is 1. The van der Waals surface area contributed by atoms with Gasteiger partial charge in [-0.2, -0.15) is 0 Å². The maximum Gasteiger partial charge on any atom is 0.216 e. The van der Waals surface area contributed by atoms with E-state index in [-0.39, 0.29) is 0 Å². The topological polar surface area (TPSA) is 98.3 Å². The van der Waals surface area contributed by atoms with Gasteiger partial charge in [-0.3, -0.25) is 0 Å². The lowest BCUT2D eigenvalue weighted by Gasteiger charge is -1.92. The summed E-state index contributed by atoms with van der Waals surface area (Å²) in [6, 6.07) is 5.54. The lowest BCUT2D eigenvalue weighted by molar-refractivity contribution is 0.664. The number of aryl methyl sites for hydroxylation is 1. The summed E-state index contributed by atoms with van der Waals surface area (Å²) in [5, 5.41) is 12.6. The van der Waals surface area contributed by atoms with Crippen molar-refractivity contribution in [2.75, 3.05) is 5.73 Å². The summed E-state index contributed by atoms with van der Waals surface area (Å²) in [5.41, 5.74) is 8.19. The predicted octanol–water partition coefficient (Wildman–Crippen LogP) is 0.820. The Morgan fingerprint density at radius 2 is 2.29 bits per heavy atom. The minimum Gasteiger partial charge on any atom is -0.399 e. The molecule has 3 N–H and O–H groups in total. The van der Waals surface area contributed by atoms with Gasteiger partial charge in [0, 0.05) is 12.7 Å². The number of imidazole rings is 1. The van der Waals surface area contributed by atoms with Crippen molar-refractivity contribution >= 4 is 28.5 Å².